The molecular weight excluding hydrogens is 244 g/mol. The number of amides is 1. The molecule has 2 rings (SSSR count). The number of rotatable bonds is 1. The van der Waals surface area contributed by atoms with Crippen LogP contribution in [0.3, 0.4) is 0 Å². The van der Waals surface area contributed by atoms with Crippen LogP contribution in [0.2, 0.25) is 0 Å². The summed E-state index contributed by atoms with van der Waals surface area (Å²) in [5.74, 6) is 0. The van der Waals surface area contributed by atoms with Crippen molar-refractivity contribution < 1.29 is 18.3 Å². The maximum Gasteiger partial charge on any atom is 0.408 e. The first-order chi connectivity index (χ1) is 7.87. The molecule has 98 valence electrons. The summed E-state index contributed by atoms with van der Waals surface area (Å²) < 4.78 is 23.8. The summed E-state index contributed by atoms with van der Waals surface area (Å²) in [7, 11) is -3.39. The molecule has 2 fully saturated rings. The van der Waals surface area contributed by atoms with Crippen molar-refractivity contribution in [1.82, 2.24) is 10.2 Å². The average Bonchev–Trinajstić information content (AvgIpc) is 2.58. The molecule has 0 aromatic carbocycles. The number of hydrogen-bond donors (Lipinski definition) is 2. The van der Waals surface area contributed by atoms with Crippen molar-refractivity contribution in [1.29, 1.82) is 0 Å². The highest BCUT2D eigenvalue weighted by molar-refractivity contribution is 7.91. The van der Waals surface area contributed by atoms with Gasteiger partial charge in [-0.3, -0.25) is 4.90 Å². The molecule has 2 saturated heterocycles. The van der Waals surface area contributed by atoms with Gasteiger partial charge in [0.05, 0.1) is 0 Å². The van der Waals surface area contributed by atoms with Crippen molar-refractivity contribution in [2.24, 2.45) is 5.41 Å². The predicted octanol–water partition coefficient (Wildman–Crippen LogP) is 0.111. The summed E-state index contributed by atoms with van der Waals surface area (Å²) >= 11 is 0. The van der Waals surface area contributed by atoms with E-state index in [9.17, 15) is 13.2 Å². The van der Waals surface area contributed by atoms with E-state index in [1.807, 2.05) is 0 Å². The summed E-state index contributed by atoms with van der Waals surface area (Å²) in [5, 5.41) is 11.4. The SMILES string of the molecule is CS(=O)(=O)C1N(C(=O)O)CCC12CCNCC2. The first kappa shape index (κ1) is 12.6. The van der Waals surface area contributed by atoms with E-state index in [0.717, 1.165) is 37.1 Å². The second-order valence-corrected chi connectivity index (χ2v) is 7.13. The fourth-order valence-electron chi connectivity index (χ4n) is 3.22. The molecule has 0 radical (unpaired) electrons. The highest BCUT2D eigenvalue weighted by atomic mass is 32.2. The van der Waals surface area contributed by atoms with Crippen LogP contribution < -0.4 is 5.32 Å². The van der Waals surface area contributed by atoms with E-state index in [-0.39, 0.29) is 5.41 Å². The number of sulfone groups is 1. The molecule has 2 heterocycles. The number of carbonyl (C=O) groups is 1. The van der Waals surface area contributed by atoms with Crippen LogP contribution in [0.4, 0.5) is 4.79 Å². The van der Waals surface area contributed by atoms with Gasteiger partial charge in [0, 0.05) is 18.2 Å². The summed E-state index contributed by atoms with van der Waals surface area (Å²) in [6, 6.07) is 0. The highest BCUT2D eigenvalue weighted by Crippen LogP contribution is 2.46. The van der Waals surface area contributed by atoms with Gasteiger partial charge < -0.3 is 10.4 Å². The van der Waals surface area contributed by atoms with Gasteiger partial charge in [0.2, 0.25) is 0 Å². The van der Waals surface area contributed by atoms with E-state index in [0.29, 0.717) is 13.0 Å². The van der Waals surface area contributed by atoms with E-state index >= 15 is 0 Å². The molecule has 0 aromatic rings. The van der Waals surface area contributed by atoms with Crippen LogP contribution in [0.5, 0.6) is 0 Å². The lowest BCUT2D eigenvalue weighted by Crippen LogP contribution is -2.50. The number of hydrogen-bond acceptors (Lipinski definition) is 4. The zero-order valence-electron chi connectivity index (χ0n) is 9.85. The Morgan fingerprint density at radius 3 is 2.41 bits per heavy atom. The van der Waals surface area contributed by atoms with Gasteiger partial charge in [-0.2, -0.15) is 0 Å². The van der Waals surface area contributed by atoms with Crippen LogP contribution in [0.15, 0.2) is 0 Å². The summed E-state index contributed by atoms with van der Waals surface area (Å²) in [5.41, 5.74) is -0.378. The maximum absolute atomic E-state index is 11.9. The van der Waals surface area contributed by atoms with Crippen LogP contribution in [0.25, 0.3) is 0 Å². The van der Waals surface area contributed by atoms with Gasteiger partial charge in [0.25, 0.3) is 0 Å². The molecule has 2 aliphatic rings. The van der Waals surface area contributed by atoms with E-state index in [1.54, 1.807) is 0 Å². The Kier molecular flexibility index (Phi) is 3.07. The maximum atomic E-state index is 11.9. The van der Waals surface area contributed by atoms with Crippen molar-refractivity contribution in [2.75, 3.05) is 25.9 Å². The standard InChI is InChI=1S/C10H18N2O4S/c1-17(15,16)8-10(2-5-11-6-3-10)4-7-12(8)9(13)14/h8,11H,2-7H2,1H3,(H,13,14). The minimum Gasteiger partial charge on any atom is -0.465 e. The highest BCUT2D eigenvalue weighted by Gasteiger charge is 2.54. The van der Waals surface area contributed by atoms with Crippen molar-refractivity contribution in [2.45, 2.75) is 24.6 Å². The van der Waals surface area contributed by atoms with Gasteiger partial charge in [-0.05, 0) is 32.4 Å². The average molecular weight is 262 g/mol. The lowest BCUT2D eigenvalue weighted by atomic mass is 9.78. The van der Waals surface area contributed by atoms with Gasteiger partial charge in [-0.15, -0.1) is 0 Å². The van der Waals surface area contributed by atoms with Crippen molar-refractivity contribution in [3.63, 3.8) is 0 Å². The molecule has 0 bridgehead atoms. The monoisotopic (exact) mass is 262 g/mol. The quantitative estimate of drug-likeness (QED) is 0.700. The Bertz CT molecular complexity index is 414. The number of carboxylic acid groups (broad SMARTS) is 1. The topological polar surface area (TPSA) is 86.7 Å². The van der Waals surface area contributed by atoms with E-state index in [4.69, 9.17) is 5.11 Å². The van der Waals surface area contributed by atoms with Crippen molar-refractivity contribution >= 4 is 15.9 Å². The summed E-state index contributed by atoms with van der Waals surface area (Å²) in [4.78, 5) is 12.2. The molecular formula is C10H18N2O4S. The predicted molar refractivity (Wildman–Crippen MR) is 62.5 cm³/mol. The summed E-state index contributed by atoms with van der Waals surface area (Å²) in [6.07, 6.45) is 2.13. The molecule has 0 saturated carbocycles. The molecule has 2 aliphatic heterocycles. The lowest BCUT2D eigenvalue weighted by molar-refractivity contribution is 0.128. The Morgan fingerprint density at radius 2 is 1.94 bits per heavy atom. The Hall–Kier alpha value is -0.820. The second-order valence-electron chi connectivity index (χ2n) is 5.02. The fourth-order valence-corrected chi connectivity index (χ4v) is 5.14. The molecule has 0 aromatic heterocycles. The van der Waals surface area contributed by atoms with E-state index in [2.05, 4.69) is 5.32 Å². The number of likely N-dealkylation sites (tertiary alicyclic amines) is 1. The molecule has 2 N–H and O–H groups in total. The third-order valence-corrected chi connectivity index (χ3v) is 5.47. The molecule has 7 heteroatoms. The van der Waals surface area contributed by atoms with Crippen LogP contribution in [0, 0.1) is 5.41 Å². The molecule has 6 nitrogen and oxygen atoms in total. The van der Waals surface area contributed by atoms with E-state index in [1.165, 1.54) is 0 Å². The van der Waals surface area contributed by atoms with Crippen LogP contribution in [-0.2, 0) is 9.84 Å². The molecule has 1 atom stereocenters. The van der Waals surface area contributed by atoms with Gasteiger partial charge >= 0.3 is 6.09 Å². The first-order valence-corrected chi connectivity index (χ1v) is 7.71. The fraction of sp³-hybridized carbons (Fsp3) is 0.900. The van der Waals surface area contributed by atoms with Gasteiger partial charge in [0.1, 0.15) is 5.37 Å². The Balaban J connectivity index is 2.37. The van der Waals surface area contributed by atoms with Crippen molar-refractivity contribution in [3.8, 4) is 0 Å². The molecule has 1 amide bonds. The van der Waals surface area contributed by atoms with Gasteiger partial charge in [-0.25, -0.2) is 13.2 Å². The zero-order chi connectivity index (χ0) is 12.7. The Labute approximate surface area is 101 Å². The zero-order valence-corrected chi connectivity index (χ0v) is 10.7. The van der Waals surface area contributed by atoms with Gasteiger partial charge in [-0.1, -0.05) is 0 Å². The van der Waals surface area contributed by atoms with Crippen LogP contribution in [0.1, 0.15) is 19.3 Å². The Morgan fingerprint density at radius 1 is 1.35 bits per heavy atom. The van der Waals surface area contributed by atoms with Gasteiger partial charge in [0.15, 0.2) is 9.84 Å². The minimum atomic E-state index is -3.39. The summed E-state index contributed by atoms with van der Waals surface area (Å²) in [6.45, 7) is 1.85. The van der Waals surface area contributed by atoms with Crippen LogP contribution >= 0.6 is 0 Å². The lowest BCUT2D eigenvalue weighted by Gasteiger charge is -2.39. The number of nitrogens with zero attached hydrogens (tertiary/aromatic N) is 1. The number of nitrogens with one attached hydrogen (secondary N) is 1. The first-order valence-electron chi connectivity index (χ1n) is 5.76. The van der Waals surface area contributed by atoms with Crippen LogP contribution in [-0.4, -0.2) is 55.8 Å². The minimum absolute atomic E-state index is 0.326. The second kappa shape index (κ2) is 4.13. The molecule has 0 aliphatic carbocycles. The molecule has 17 heavy (non-hydrogen) atoms. The third kappa shape index (κ3) is 2.13. The largest absolute Gasteiger partial charge is 0.465 e. The smallest absolute Gasteiger partial charge is 0.408 e. The molecule has 1 unspecified atom stereocenters. The van der Waals surface area contributed by atoms with Crippen molar-refractivity contribution in [3.05, 3.63) is 0 Å². The third-order valence-electron chi connectivity index (χ3n) is 3.91. The van der Waals surface area contributed by atoms with E-state index < -0.39 is 21.3 Å². The molecule has 1 spiro atoms. The normalized spacial score (nSPS) is 28.5. The number of piperidine rings is 1.